The van der Waals surface area contributed by atoms with Gasteiger partial charge in [-0.15, -0.1) is 0 Å². The van der Waals surface area contributed by atoms with Crippen molar-refractivity contribution in [2.75, 3.05) is 19.6 Å². The van der Waals surface area contributed by atoms with Crippen LogP contribution < -0.4 is 10.6 Å². The SMILES string of the molecule is Cc1cc([C@@H](C)NC(=O)N[C@@H]2CCN(CC(F)(F)F)C2)c(C)o1. The van der Waals surface area contributed by atoms with Crippen LogP contribution in [-0.2, 0) is 0 Å². The second-order valence-corrected chi connectivity index (χ2v) is 6.04. The topological polar surface area (TPSA) is 57.5 Å². The van der Waals surface area contributed by atoms with E-state index in [4.69, 9.17) is 4.42 Å². The molecule has 0 spiro atoms. The molecule has 1 saturated heterocycles. The van der Waals surface area contributed by atoms with Gasteiger partial charge in [-0.3, -0.25) is 4.90 Å². The number of amides is 2. The van der Waals surface area contributed by atoms with Crippen molar-refractivity contribution in [2.45, 2.75) is 45.5 Å². The molecule has 5 nitrogen and oxygen atoms in total. The van der Waals surface area contributed by atoms with Crippen LogP contribution in [0.1, 0.15) is 36.5 Å². The number of hydrogen-bond acceptors (Lipinski definition) is 3. The summed E-state index contributed by atoms with van der Waals surface area (Å²) in [5.41, 5.74) is 0.891. The Hall–Kier alpha value is -1.70. The molecule has 130 valence electrons. The van der Waals surface area contributed by atoms with Gasteiger partial charge in [0.1, 0.15) is 11.5 Å². The Kier molecular flexibility index (Phi) is 5.23. The zero-order valence-electron chi connectivity index (χ0n) is 13.5. The van der Waals surface area contributed by atoms with Gasteiger partial charge in [0, 0.05) is 24.7 Å². The third-order valence-electron chi connectivity index (χ3n) is 3.90. The molecule has 0 bridgehead atoms. The molecule has 0 radical (unpaired) electrons. The fourth-order valence-corrected chi connectivity index (χ4v) is 2.93. The highest BCUT2D eigenvalue weighted by atomic mass is 19.4. The van der Waals surface area contributed by atoms with E-state index >= 15 is 0 Å². The molecule has 23 heavy (non-hydrogen) atoms. The Morgan fingerprint density at radius 2 is 2.17 bits per heavy atom. The van der Waals surface area contributed by atoms with Gasteiger partial charge in [0.15, 0.2) is 0 Å². The van der Waals surface area contributed by atoms with Crippen LogP contribution in [0.25, 0.3) is 0 Å². The molecular weight excluding hydrogens is 311 g/mol. The van der Waals surface area contributed by atoms with E-state index in [0.717, 1.165) is 17.1 Å². The van der Waals surface area contributed by atoms with E-state index in [-0.39, 0.29) is 24.7 Å². The van der Waals surface area contributed by atoms with Gasteiger partial charge < -0.3 is 15.1 Å². The summed E-state index contributed by atoms with van der Waals surface area (Å²) in [7, 11) is 0. The van der Waals surface area contributed by atoms with Gasteiger partial charge in [-0.1, -0.05) is 0 Å². The Morgan fingerprint density at radius 1 is 1.48 bits per heavy atom. The first-order valence-electron chi connectivity index (χ1n) is 7.57. The Bertz CT molecular complexity index is 557. The van der Waals surface area contributed by atoms with Crippen LogP contribution in [0.15, 0.2) is 10.5 Å². The van der Waals surface area contributed by atoms with Crippen molar-refractivity contribution < 1.29 is 22.4 Å². The first kappa shape index (κ1) is 17.7. The minimum absolute atomic E-state index is 0.213. The lowest BCUT2D eigenvalue weighted by Gasteiger charge is -2.19. The van der Waals surface area contributed by atoms with Crippen molar-refractivity contribution in [1.29, 1.82) is 0 Å². The van der Waals surface area contributed by atoms with E-state index in [1.807, 2.05) is 26.8 Å². The van der Waals surface area contributed by atoms with Crippen LogP contribution in [0.4, 0.5) is 18.0 Å². The Labute approximate surface area is 133 Å². The smallest absolute Gasteiger partial charge is 0.401 e. The highest BCUT2D eigenvalue weighted by Gasteiger charge is 2.34. The van der Waals surface area contributed by atoms with Gasteiger partial charge >= 0.3 is 12.2 Å². The number of furan rings is 1. The van der Waals surface area contributed by atoms with E-state index in [2.05, 4.69) is 10.6 Å². The standard InChI is InChI=1S/C15H22F3N3O2/c1-9-6-13(11(3)23-9)10(2)19-14(22)20-12-4-5-21(7-12)8-15(16,17)18/h6,10,12H,4-5,7-8H2,1-3H3,(H2,19,20,22)/t10-,12-/m1/s1. The van der Waals surface area contributed by atoms with Crippen LogP contribution in [0.5, 0.6) is 0 Å². The number of nitrogens with one attached hydrogen (secondary N) is 2. The Morgan fingerprint density at radius 3 is 2.74 bits per heavy atom. The molecule has 2 rings (SSSR count). The lowest BCUT2D eigenvalue weighted by Crippen LogP contribution is -2.44. The largest absolute Gasteiger partial charge is 0.466 e. The molecule has 0 aromatic carbocycles. The number of urea groups is 1. The average molecular weight is 333 g/mol. The minimum Gasteiger partial charge on any atom is -0.466 e. The van der Waals surface area contributed by atoms with Crippen LogP contribution in [-0.4, -0.2) is 42.8 Å². The molecule has 2 N–H and O–H groups in total. The molecule has 0 unspecified atom stereocenters. The van der Waals surface area contributed by atoms with Crippen molar-refractivity contribution in [3.05, 3.63) is 23.2 Å². The number of rotatable bonds is 4. The lowest BCUT2D eigenvalue weighted by molar-refractivity contribution is -0.143. The molecule has 1 fully saturated rings. The minimum atomic E-state index is -4.21. The third-order valence-corrected chi connectivity index (χ3v) is 3.90. The number of carbonyl (C=O) groups excluding carboxylic acids is 1. The van der Waals surface area contributed by atoms with Gasteiger partial charge in [-0.05, 0) is 33.3 Å². The summed E-state index contributed by atoms with van der Waals surface area (Å²) >= 11 is 0. The zero-order chi connectivity index (χ0) is 17.2. The fraction of sp³-hybridized carbons (Fsp3) is 0.667. The van der Waals surface area contributed by atoms with Crippen molar-refractivity contribution in [2.24, 2.45) is 0 Å². The van der Waals surface area contributed by atoms with Crippen LogP contribution in [0, 0.1) is 13.8 Å². The number of aryl methyl sites for hydroxylation is 2. The summed E-state index contributed by atoms with van der Waals surface area (Å²) in [5, 5.41) is 5.52. The van der Waals surface area contributed by atoms with E-state index < -0.39 is 12.7 Å². The molecule has 0 saturated carbocycles. The van der Waals surface area contributed by atoms with Crippen LogP contribution >= 0.6 is 0 Å². The number of carbonyl (C=O) groups is 1. The number of halogens is 3. The highest BCUT2D eigenvalue weighted by Crippen LogP contribution is 2.22. The molecule has 1 aromatic rings. The fourth-order valence-electron chi connectivity index (χ4n) is 2.93. The van der Waals surface area contributed by atoms with Gasteiger partial charge in [-0.25, -0.2) is 4.79 Å². The second-order valence-electron chi connectivity index (χ2n) is 6.04. The summed E-state index contributed by atoms with van der Waals surface area (Å²) in [5.74, 6) is 1.51. The van der Waals surface area contributed by atoms with E-state index in [0.29, 0.717) is 13.0 Å². The lowest BCUT2D eigenvalue weighted by atomic mass is 10.1. The third kappa shape index (κ3) is 5.16. The number of alkyl halides is 3. The van der Waals surface area contributed by atoms with E-state index in [1.54, 1.807) is 0 Å². The number of likely N-dealkylation sites (tertiary alicyclic amines) is 1. The Balaban J connectivity index is 1.80. The summed E-state index contributed by atoms with van der Waals surface area (Å²) in [6, 6.07) is 0.979. The van der Waals surface area contributed by atoms with Crippen molar-refractivity contribution in [3.63, 3.8) is 0 Å². The zero-order valence-corrected chi connectivity index (χ0v) is 13.5. The first-order chi connectivity index (χ1) is 10.6. The number of nitrogens with zero attached hydrogens (tertiary/aromatic N) is 1. The molecule has 1 aliphatic heterocycles. The summed E-state index contributed by atoms with van der Waals surface area (Å²) in [6.45, 7) is 5.10. The normalized spacial score (nSPS) is 20.5. The molecule has 8 heteroatoms. The second kappa shape index (κ2) is 6.82. The molecule has 0 aliphatic carbocycles. The van der Waals surface area contributed by atoms with E-state index in [1.165, 1.54) is 4.90 Å². The average Bonchev–Trinajstić information content (AvgIpc) is 2.93. The molecule has 1 aromatic heterocycles. The quantitative estimate of drug-likeness (QED) is 0.891. The first-order valence-corrected chi connectivity index (χ1v) is 7.57. The van der Waals surface area contributed by atoms with E-state index in [9.17, 15) is 18.0 Å². The van der Waals surface area contributed by atoms with Gasteiger partial charge in [-0.2, -0.15) is 13.2 Å². The summed E-state index contributed by atoms with van der Waals surface area (Å²) in [6.07, 6.45) is -3.69. The molecule has 2 amide bonds. The molecular formula is C15H22F3N3O2. The number of hydrogen-bond donors (Lipinski definition) is 2. The maximum absolute atomic E-state index is 12.3. The van der Waals surface area contributed by atoms with Gasteiger partial charge in [0.05, 0.1) is 12.6 Å². The van der Waals surface area contributed by atoms with Crippen molar-refractivity contribution >= 4 is 6.03 Å². The molecule has 2 atom stereocenters. The summed E-state index contributed by atoms with van der Waals surface area (Å²) < 4.78 is 42.5. The van der Waals surface area contributed by atoms with Gasteiger partial charge in [0.25, 0.3) is 0 Å². The van der Waals surface area contributed by atoms with Crippen LogP contribution in [0.3, 0.4) is 0 Å². The van der Waals surface area contributed by atoms with Crippen molar-refractivity contribution in [1.82, 2.24) is 15.5 Å². The predicted molar refractivity (Wildman–Crippen MR) is 79.2 cm³/mol. The van der Waals surface area contributed by atoms with Crippen LogP contribution in [0.2, 0.25) is 0 Å². The van der Waals surface area contributed by atoms with Gasteiger partial charge in [0.2, 0.25) is 0 Å². The summed E-state index contributed by atoms with van der Waals surface area (Å²) in [4.78, 5) is 13.3. The maximum atomic E-state index is 12.3. The molecule has 1 aliphatic rings. The van der Waals surface area contributed by atoms with Crippen molar-refractivity contribution in [3.8, 4) is 0 Å². The molecule has 2 heterocycles. The monoisotopic (exact) mass is 333 g/mol. The maximum Gasteiger partial charge on any atom is 0.401 e. The highest BCUT2D eigenvalue weighted by molar-refractivity contribution is 5.74. The predicted octanol–water partition coefficient (Wildman–Crippen LogP) is 2.89.